The number of fused-ring (bicyclic) bond motifs is 1. The first-order chi connectivity index (χ1) is 9.56. The summed E-state index contributed by atoms with van der Waals surface area (Å²) in [5.74, 6) is -0.186. The molecule has 1 aliphatic rings. The first-order valence-electron chi connectivity index (χ1n) is 6.19. The molecule has 3 N–H and O–H groups in total. The highest BCUT2D eigenvalue weighted by molar-refractivity contribution is 7.99. The van der Waals surface area contributed by atoms with E-state index < -0.39 is 6.04 Å². The second-order valence-corrected chi connectivity index (χ2v) is 6.20. The third-order valence-electron chi connectivity index (χ3n) is 3.29. The van der Waals surface area contributed by atoms with Crippen molar-refractivity contribution in [3.8, 4) is 0 Å². The zero-order chi connectivity index (χ0) is 14.3. The van der Waals surface area contributed by atoms with Crippen molar-refractivity contribution in [3.05, 3.63) is 52.5 Å². The minimum Gasteiger partial charge on any atom is -0.324 e. The molecule has 1 amide bonds. The number of nitrogens with two attached hydrogens (primary N) is 1. The number of halogens is 1. The normalized spacial score (nSPS) is 16.9. The molecule has 0 spiro atoms. The van der Waals surface area contributed by atoms with Crippen molar-refractivity contribution >= 4 is 35.0 Å². The molecule has 0 bridgehead atoms. The van der Waals surface area contributed by atoms with Crippen molar-refractivity contribution < 1.29 is 4.79 Å². The van der Waals surface area contributed by atoms with Gasteiger partial charge in [-0.2, -0.15) is 0 Å². The molecular weight excluding hydrogens is 292 g/mol. The average molecular weight is 305 g/mol. The molecule has 20 heavy (non-hydrogen) atoms. The molecule has 2 aromatic carbocycles. The number of hydrogen-bond donors (Lipinski definition) is 2. The van der Waals surface area contributed by atoms with Crippen LogP contribution in [0.15, 0.2) is 46.2 Å². The van der Waals surface area contributed by atoms with Gasteiger partial charge in [-0.3, -0.25) is 4.79 Å². The lowest BCUT2D eigenvalue weighted by molar-refractivity contribution is -0.116. The van der Waals surface area contributed by atoms with Gasteiger partial charge in [-0.15, -0.1) is 0 Å². The van der Waals surface area contributed by atoms with Gasteiger partial charge < -0.3 is 11.1 Å². The van der Waals surface area contributed by atoms with Crippen molar-refractivity contribution in [2.24, 2.45) is 5.73 Å². The fourth-order valence-corrected chi connectivity index (χ4v) is 3.39. The Labute approximate surface area is 126 Å². The van der Waals surface area contributed by atoms with Crippen molar-refractivity contribution in [1.82, 2.24) is 0 Å². The van der Waals surface area contributed by atoms with Gasteiger partial charge in [-0.1, -0.05) is 41.6 Å². The Balaban J connectivity index is 1.99. The van der Waals surface area contributed by atoms with E-state index in [1.807, 2.05) is 24.3 Å². The smallest absolute Gasteiger partial charge is 0.245 e. The molecule has 0 fully saturated rings. The minimum absolute atomic E-state index is 0.186. The molecule has 3 nitrogen and oxygen atoms in total. The number of anilines is 1. The van der Waals surface area contributed by atoms with Crippen molar-refractivity contribution in [2.75, 3.05) is 5.32 Å². The molecule has 1 aliphatic heterocycles. The molecule has 0 aromatic heterocycles. The van der Waals surface area contributed by atoms with Gasteiger partial charge in [0, 0.05) is 21.0 Å². The van der Waals surface area contributed by atoms with Gasteiger partial charge in [0.15, 0.2) is 0 Å². The molecule has 0 saturated heterocycles. The Hall–Kier alpha value is -1.49. The number of carbonyl (C=O) groups is 1. The predicted molar refractivity (Wildman–Crippen MR) is 82.3 cm³/mol. The van der Waals surface area contributed by atoms with E-state index >= 15 is 0 Å². The summed E-state index contributed by atoms with van der Waals surface area (Å²) in [6, 6.07) is 11.1. The quantitative estimate of drug-likeness (QED) is 0.888. The lowest BCUT2D eigenvalue weighted by atomic mass is 10.1. The summed E-state index contributed by atoms with van der Waals surface area (Å²) >= 11 is 7.89. The van der Waals surface area contributed by atoms with Gasteiger partial charge in [0.1, 0.15) is 6.04 Å². The molecule has 5 heteroatoms. The largest absolute Gasteiger partial charge is 0.324 e. The van der Waals surface area contributed by atoms with Crippen LogP contribution in [0.2, 0.25) is 5.02 Å². The molecule has 0 saturated carbocycles. The maximum Gasteiger partial charge on any atom is 0.245 e. The van der Waals surface area contributed by atoms with Gasteiger partial charge in [0.25, 0.3) is 0 Å². The van der Waals surface area contributed by atoms with E-state index in [0.29, 0.717) is 5.02 Å². The van der Waals surface area contributed by atoms with Crippen LogP contribution in [0.4, 0.5) is 5.69 Å². The molecule has 1 atom stereocenters. The van der Waals surface area contributed by atoms with Crippen molar-refractivity contribution in [1.29, 1.82) is 0 Å². The Bertz CT molecular complexity index is 702. The van der Waals surface area contributed by atoms with Crippen LogP contribution in [0.25, 0.3) is 0 Å². The van der Waals surface area contributed by atoms with Crippen LogP contribution in [0, 0.1) is 6.92 Å². The van der Waals surface area contributed by atoms with E-state index in [-0.39, 0.29) is 5.91 Å². The molecule has 1 heterocycles. The molecule has 2 aromatic rings. The highest BCUT2D eigenvalue weighted by atomic mass is 35.5. The summed E-state index contributed by atoms with van der Waals surface area (Å²) in [5.41, 5.74) is 8.51. The van der Waals surface area contributed by atoms with Gasteiger partial charge >= 0.3 is 0 Å². The zero-order valence-electron chi connectivity index (χ0n) is 10.8. The standard InChI is InChI=1S/C15H13ClN2OS/c1-8-4-2-3-5-12(8)20-13-7-11-9(6-10(13)16)14(17)15(19)18-11/h2-7,14H,17H2,1H3,(H,18,19). The highest BCUT2D eigenvalue weighted by Gasteiger charge is 2.28. The zero-order valence-corrected chi connectivity index (χ0v) is 12.4. The lowest BCUT2D eigenvalue weighted by Gasteiger charge is -2.09. The summed E-state index contributed by atoms with van der Waals surface area (Å²) in [4.78, 5) is 13.6. The van der Waals surface area contributed by atoms with Crippen LogP contribution in [-0.2, 0) is 4.79 Å². The number of carbonyl (C=O) groups excluding carboxylic acids is 1. The number of amides is 1. The topological polar surface area (TPSA) is 55.1 Å². The number of rotatable bonds is 2. The lowest BCUT2D eigenvalue weighted by Crippen LogP contribution is -2.19. The maximum atomic E-state index is 11.6. The van der Waals surface area contributed by atoms with Crippen molar-refractivity contribution in [2.45, 2.75) is 22.8 Å². The summed E-state index contributed by atoms with van der Waals surface area (Å²) in [7, 11) is 0. The molecule has 3 rings (SSSR count). The van der Waals surface area contributed by atoms with E-state index in [1.165, 1.54) is 5.56 Å². The predicted octanol–water partition coefficient (Wildman–Crippen LogP) is 3.75. The van der Waals surface area contributed by atoms with Gasteiger partial charge in [-0.25, -0.2) is 0 Å². The van der Waals surface area contributed by atoms with E-state index in [1.54, 1.807) is 17.8 Å². The van der Waals surface area contributed by atoms with Crippen LogP contribution in [0.3, 0.4) is 0 Å². The third kappa shape index (κ3) is 2.30. The number of nitrogens with one attached hydrogen (secondary N) is 1. The molecule has 0 radical (unpaired) electrons. The molecule has 0 aliphatic carbocycles. The summed E-state index contributed by atoms with van der Waals surface area (Å²) in [6.07, 6.45) is 0. The average Bonchev–Trinajstić information content (AvgIpc) is 2.69. The Morgan fingerprint density at radius 3 is 2.75 bits per heavy atom. The summed E-state index contributed by atoms with van der Waals surface area (Å²) < 4.78 is 0. The van der Waals surface area contributed by atoms with Crippen LogP contribution in [0.1, 0.15) is 17.2 Å². The molecule has 1 unspecified atom stereocenters. The van der Waals surface area contributed by atoms with E-state index in [2.05, 4.69) is 18.3 Å². The second kappa shape index (κ2) is 5.13. The third-order valence-corrected chi connectivity index (χ3v) is 4.95. The van der Waals surface area contributed by atoms with Crippen molar-refractivity contribution in [3.63, 3.8) is 0 Å². The SMILES string of the molecule is Cc1ccccc1Sc1cc2c(cc1Cl)C(N)C(=O)N2. The van der Waals surface area contributed by atoms with Crippen LogP contribution < -0.4 is 11.1 Å². The van der Waals surface area contributed by atoms with E-state index in [9.17, 15) is 4.79 Å². The number of aryl methyl sites for hydroxylation is 1. The summed E-state index contributed by atoms with van der Waals surface area (Å²) in [6.45, 7) is 2.06. The number of benzene rings is 2. The van der Waals surface area contributed by atoms with Gasteiger partial charge in [-0.05, 0) is 30.7 Å². The minimum atomic E-state index is -0.625. The first kappa shape index (κ1) is 13.5. The second-order valence-electron chi connectivity index (χ2n) is 4.70. The molecule has 102 valence electrons. The van der Waals surface area contributed by atoms with Crippen LogP contribution in [-0.4, -0.2) is 5.91 Å². The first-order valence-corrected chi connectivity index (χ1v) is 7.39. The Kier molecular flexibility index (Phi) is 3.46. The molecular formula is C15H13ClN2OS. The summed E-state index contributed by atoms with van der Waals surface area (Å²) in [5, 5.41) is 3.39. The van der Waals surface area contributed by atoms with Gasteiger partial charge in [0.05, 0.1) is 5.02 Å². The van der Waals surface area contributed by atoms with Gasteiger partial charge in [0.2, 0.25) is 5.91 Å². The maximum absolute atomic E-state index is 11.6. The van der Waals surface area contributed by atoms with Crippen LogP contribution >= 0.6 is 23.4 Å². The highest BCUT2D eigenvalue weighted by Crippen LogP contribution is 2.41. The Morgan fingerprint density at radius 2 is 2.00 bits per heavy atom. The Morgan fingerprint density at radius 1 is 1.25 bits per heavy atom. The fourth-order valence-electron chi connectivity index (χ4n) is 2.15. The monoisotopic (exact) mass is 304 g/mol. The van der Waals surface area contributed by atoms with E-state index in [4.69, 9.17) is 17.3 Å². The van der Waals surface area contributed by atoms with Crippen LogP contribution in [0.5, 0.6) is 0 Å². The fraction of sp³-hybridized carbons (Fsp3) is 0.133. The van der Waals surface area contributed by atoms with E-state index in [0.717, 1.165) is 21.0 Å². The number of hydrogen-bond acceptors (Lipinski definition) is 3.